The van der Waals surface area contributed by atoms with Gasteiger partial charge in [0.05, 0.1) is 19.6 Å². The molecular formula is C22H47NO. The number of hydroxylamine groups is 3. The van der Waals surface area contributed by atoms with Crippen molar-refractivity contribution < 1.29 is 4.65 Å². The molecule has 0 bridgehead atoms. The van der Waals surface area contributed by atoms with E-state index >= 15 is 0 Å². The molecule has 0 spiro atoms. The molecule has 0 N–H and O–H groups in total. The van der Waals surface area contributed by atoms with Gasteiger partial charge in [0, 0.05) is 0 Å². The number of unbranched alkanes of at least 4 members (excludes halogenated alkanes) is 13. The van der Waals surface area contributed by atoms with Gasteiger partial charge in [-0.25, -0.2) is 0 Å². The fraction of sp³-hybridized carbons (Fsp3) is 1.00. The highest BCUT2D eigenvalue weighted by Crippen LogP contribution is 2.15. The molecule has 0 atom stereocenters. The van der Waals surface area contributed by atoms with Crippen molar-refractivity contribution in [2.24, 2.45) is 0 Å². The molecule has 0 aliphatic carbocycles. The largest absolute Gasteiger partial charge is 0.633 e. The Bertz CT molecular complexity index is 234. The van der Waals surface area contributed by atoms with Crippen molar-refractivity contribution in [1.82, 2.24) is 0 Å². The lowest BCUT2D eigenvalue weighted by Crippen LogP contribution is -2.44. The fourth-order valence-electron chi connectivity index (χ4n) is 3.47. The maximum Gasteiger partial charge on any atom is 0.0783 e. The van der Waals surface area contributed by atoms with Crippen LogP contribution in [0.25, 0.3) is 0 Å². The minimum absolute atomic E-state index is 0.0828. The molecule has 0 aromatic carbocycles. The maximum atomic E-state index is 12.8. The molecule has 0 fully saturated rings. The van der Waals surface area contributed by atoms with E-state index in [1.165, 1.54) is 70.6 Å². The van der Waals surface area contributed by atoms with Crippen LogP contribution >= 0.6 is 0 Å². The summed E-state index contributed by atoms with van der Waals surface area (Å²) in [6, 6.07) is 0. The van der Waals surface area contributed by atoms with Crippen LogP contribution in [0.1, 0.15) is 124 Å². The second kappa shape index (κ2) is 17.7. The summed E-state index contributed by atoms with van der Waals surface area (Å²) in [5, 5.41) is 12.8. The normalized spacial score (nSPS) is 12.0. The Hall–Kier alpha value is -0.0800. The molecule has 24 heavy (non-hydrogen) atoms. The lowest BCUT2D eigenvalue weighted by molar-refractivity contribution is -0.881. The van der Waals surface area contributed by atoms with Crippen molar-refractivity contribution in [3.05, 3.63) is 5.21 Å². The van der Waals surface area contributed by atoms with Crippen LogP contribution in [0.4, 0.5) is 0 Å². The van der Waals surface area contributed by atoms with Crippen LogP contribution in [0.15, 0.2) is 0 Å². The molecule has 0 unspecified atom stereocenters. The number of hydrogen-bond donors (Lipinski definition) is 0. The Morgan fingerprint density at radius 3 is 1.08 bits per heavy atom. The Balaban J connectivity index is 3.50. The zero-order valence-electron chi connectivity index (χ0n) is 17.3. The van der Waals surface area contributed by atoms with Crippen LogP contribution < -0.4 is 0 Å². The Labute approximate surface area is 153 Å². The first-order valence-corrected chi connectivity index (χ1v) is 11.3. The van der Waals surface area contributed by atoms with Crippen molar-refractivity contribution >= 4 is 0 Å². The summed E-state index contributed by atoms with van der Waals surface area (Å²) < 4.78 is 0.0828. The van der Waals surface area contributed by atoms with E-state index in [0.29, 0.717) is 0 Å². The van der Waals surface area contributed by atoms with Gasteiger partial charge >= 0.3 is 0 Å². The summed E-state index contributed by atoms with van der Waals surface area (Å²) in [5.41, 5.74) is 0. The molecule has 0 amide bonds. The molecule has 0 aromatic rings. The number of hydrogen-bond acceptors (Lipinski definition) is 1. The molecule has 0 aliphatic rings. The average molecular weight is 342 g/mol. The fourth-order valence-corrected chi connectivity index (χ4v) is 3.47. The third kappa shape index (κ3) is 15.4. The highest BCUT2D eigenvalue weighted by Gasteiger charge is 2.14. The molecule has 2 nitrogen and oxygen atoms in total. The van der Waals surface area contributed by atoms with Crippen LogP contribution in [0, 0.1) is 5.21 Å². The monoisotopic (exact) mass is 341 g/mol. The Morgan fingerprint density at radius 1 is 0.417 bits per heavy atom. The number of rotatable bonds is 19. The number of quaternary nitrogens is 1. The van der Waals surface area contributed by atoms with Crippen LogP contribution in [-0.2, 0) is 0 Å². The van der Waals surface area contributed by atoms with Crippen molar-refractivity contribution in [3.8, 4) is 0 Å². The third-order valence-electron chi connectivity index (χ3n) is 5.26. The Morgan fingerprint density at radius 2 is 0.708 bits per heavy atom. The second-order valence-electron chi connectivity index (χ2n) is 7.83. The van der Waals surface area contributed by atoms with E-state index in [2.05, 4.69) is 20.8 Å². The highest BCUT2D eigenvalue weighted by atomic mass is 16.5. The van der Waals surface area contributed by atoms with Gasteiger partial charge in [0.2, 0.25) is 0 Å². The molecular weight excluding hydrogens is 294 g/mol. The molecule has 0 aromatic heterocycles. The Kier molecular flexibility index (Phi) is 17.7. The van der Waals surface area contributed by atoms with Crippen molar-refractivity contribution in [2.45, 2.75) is 124 Å². The standard InChI is InChI=1S/C22H47NO/c1-4-7-10-11-12-13-14-15-16-17-18-19-22-23(24,20-8-5-2)21-9-6-3/h4-22H2,1-3H3. The van der Waals surface area contributed by atoms with Gasteiger partial charge in [0.1, 0.15) is 0 Å². The molecule has 0 saturated carbocycles. The minimum atomic E-state index is 0.0828. The van der Waals surface area contributed by atoms with E-state index in [0.717, 1.165) is 51.7 Å². The molecule has 0 aliphatic heterocycles. The summed E-state index contributed by atoms with van der Waals surface area (Å²) in [7, 11) is 0. The van der Waals surface area contributed by atoms with E-state index in [1.807, 2.05) is 0 Å². The quantitative estimate of drug-likeness (QED) is 0.135. The minimum Gasteiger partial charge on any atom is -0.633 e. The van der Waals surface area contributed by atoms with Gasteiger partial charge < -0.3 is 9.85 Å². The van der Waals surface area contributed by atoms with Gasteiger partial charge in [-0.05, 0) is 25.7 Å². The molecule has 0 rings (SSSR count). The van der Waals surface area contributed by atoms with E-state index in [-0.39, 0.29) is 4.65 Å². The maximum absolute atomic E-state index is 12.8. The van der Waals surface area contributed by atoms with E-state index in [9.17, 15) is 5.21 Å². The molecule has 0 heterocycles. The van der Waals surface area contributed by atoms with Gasteiger partial charge in [-0.3, -0.25) is 0 Å². The van der Waals surface area contributed by atoms with Gasteiger partial charge in [0.25, 0.3) is 0 Å². The van der Waals surface area contributed by atoms with Crippen molar-refractivity contribution in [2.75, 3.05) is 19.6 Å². The SMILES string of the molecule is CCCCCCCCCCCCCC[N+]([O-])(CCCC)CCCC. The first-order valence-electron chi connectivity index (χ1n) is 11.3. The van der Waals surface area contributed by atoms with Crippen LogP contribution in [0.2, 0.25) is 0 Å². The van der Waals surface area contributed by atoms with Gasteiger partial charge in [0.15, 0.2) is 0 Å². The number of nitrogens with zero attached hydrogens (tertiary/aromatic N) is 1. The van der Waals surface area contributed by atoms with Crippen molar-refractivity contribution in [1.29, 1.82) is 0 Å². The van der Waals surface area contributed by atoms with Gasteiger partial charge in [-0.1, -0.05) is 97.8 Å². The van der Waals surface area contributed by atoms with Gasteiger partial charge in [-0.2, -0.15) is 0 Å². The van der Waals surface area contributed by atoms with E-state index in [4.69, 9.17) is 0 Å². The summed E-state index contributed by atoms with van der Waals surface area (Å²) in [6.07, 6.45) is 20.9. The summed E-state index contributed by atoms with van der Waals surface area (Å²) >= 11 is 0. The van der Waals surface area contributed by atoms with E-state index in [1.54, 1.807) is 0 Å². The zero-order chi connectivity index (χ0) is 17.9. The first-order chi connectivity index (χ1) is 11.7. The van der Waals surface area contributed by atoms with Crippen LogP contribution in [0.5, 0.6) is 0 Å². The predicted octanol–water partition coefficient (Wildman–Crippen LogP) is 7.60. The molecule has 0 saturated heterocycles. The molecule has 146 valence electrons. The summed E-state index contributed by atoms with van der Waals surface area (Å²) in [6.45, 7) is 9.20. The third-order valence-corrected chi connectivity index (χ3v) is 5.26. The predicted molar refractivity (Wildman–Crippen MR) is 109 cm³/mol. The lowest BCUT2D eigenvalue weighted by Gasteiger charge is -2.43. The topological polar surface area (TPSA) is 23.1 Å². The van der Waals surface area contributed by atoms with Gasteiger partial charge in [-0.15, -0.1) is 0 Å². The van der Waals surface area contributed by atoms with Crippen LogP contribution in [-0.4, -0.2) is 24.3 Å². The van der Waals surface area contributed by atoms with E-state index < -0.39 is 0 Å². The first kappa shape index (κ1) is 23.9. The van der Waals surface area contributed by atoms with Crippen LogP contribution in [0.3, 0.4) is 0 Å². The average Bonchev–Trinajstić information content (AvgIpc) is 2.59. The lowest BCUT2D eigenvalue weighted by atomic mass is 10.1. The molecule has 0 radical (unpaired) electrons. The summed E-state index contributed by atoms with van der Waals surface area (Å²) in [4.78, 5) is 0. The smallest absolute Gasteiger partial charge is 0.0783 e. The molecule has 2 heteroatoms. The summed E-state index contributed by atoms with van der Waals surface area (Å²) in [5.74, 6) is 0. The van der Waals surface area contributed by atoms with Crippen molar-refractivity contribution in [3.63, 3.8) is 0 Å². The zero-order valence-corrected chi connectivity index (χ0v) is 17.3. The highest BCUT2D eigenvalue weighted by molar-refractivity contribution is 4.51. The second-order valence-corrected chi connectivity index (χ2v) is 7.83.